The standard InChI is InChI=1S/C16H19BrN4O4S/c1-2-26(24,25)21-7-5-19(6-8-21)15(22)10-20-11-18-14-4-3-12(17)9-13(14)16(20)23/h3-4,9,11H,2,5-8,10H2,1H3. The molecule has 0 N–H and O–H groups in total. The van der Waals surface area contributed by atoms with E-state index < -0.39 is 10.0 Å². The molecule has 3 rings (SSSR count). The topological polar surface area (TPSA) is 92.6 Å². The molecule has 0 radical (unpaired) electrons. The molecule has 10 heteroatoms. The van der Waals surface area contributed by atoms with Gasteiger partial charge >= 0.3 is 0 Å². The maximum atomic E-state index is 12.6. The molecule has 0 saturated carbocycles. The highest BCUT2D eigenvalue weighted by Crippen LogP contribution is 2.15. The van der Waals surface area contributed by atoms with Crippen molar-refractivity contribution in [3.63, 3.8) is 0 Å². The van der Waals surface area contributed by atoms with Gasteiger partial charge in [0.2, 0.25) is 15.9 Å². The number of rotatable bonds is 4. The molecule has 1 aromatic heterocycles. The van der Waals surface area contributed by atoms with Crippen LogP contribution in [0.1, 0.15) is 6.92 Å². The van der Waals surface area contributed by atoms with Gasteiger partial charge in [-0.2, -0.15) is 4.31 Å². The van der Waals surface area contributed by atoms with Crippen LogP contribution in [-0.4, -0.2) is 65.0 Å². The van der Waals surface area contributed by atoms with E-state index >= 15 is 0 Å². The molecular formula is C16H19BrN4O4S. The van der Waals surface area contributed by atoms with Crippen LogP contribution in [0.25, 0.3) is 10.9 Å². The Morgan fingerprint density at radius 2 is 1.92 bits per heavy atom. The van der Waals surface area contributed by atoms with E-state index in [0.29, 0.717) is 24.0 Å². The van der Waals surface area contributed by atoms with E-state index in [1.54, 1.807) is 30.0 Å². The Bertz CT molecular complexity index is 997. The fourth-order valence-electron chi connectivity index (χ4n) is 2.89. The molecular weight excluding hydrogens is 424 g/mol. The van der Waals surface area contributed by atoms with Crippen molar-refractivity contribution >= 4 is 42.8 Å². The number of benzene rings is 1. The van der Waals surface area contributed by atoms with E-state index in [9.17, 15) is 18.0 Å². The lowest BCUT2D eigenvalue weighted by Crippen LogP contribution is -2.51. The normalized spacial score (nSPS) is 16.2. The van der Waals surface area contributed by atoms with Crippen molar-refractivity contribution in [1.29, 1.82) is 0 Å². The number of halogens is 1. The third-order valence-corrected chi connectivity index (χ3v) is 6.82. The summed E-state index contributed by atoms with van der Waals surface area (Å²) in [5.74, 6) is -0.175. The average Bonchev–Trinajstić information content (AvgIpc) is 2.64. The van der Waals surface area contributed by atoms with Crippen LogP contribution in [0.15, 0.2) is 33.8 Å². The van der Waals surface area contributed by atoms with E-state index in [2.05, 4.69) is 20.9 Å². The van der Waals surface area contributed by atoms with Crippen molar-refractivity contribution in [3.05, 3.63) is 39.4 Å². The van der Waals surface area contributed by atoms with Gasteiger partial charge in [-0.05, 0) is 25.1 Å². The van der Waals surface area contributed by atoms with Gasteiger partial charge in [-0.3, -0.25) is 14.2 Å². The predicted octanol–water partition coefficient (Wildman–Crippen LogP) is 0.653. The summed E-state index contributed by atoms with van der Waals surface area (Å²) in [6, 6.07) is 5.22. The highest BCUT2D eigenvalue weighted by molar-refractivity contribution is 9.10. The van der Waals surface area contributed by atoms with Crippen LogP contribution in [0.5, 0.6) is 0 Å². The van der Waals surface area contributed by atoms with E-state index in [1.807, 2.05) is 0 Å². The first-order chi connectivity index (χ1) is 12.3. The number of sulfonamides is 1. The van der Waals surface area contributed by atoms with Crippen molar-refractivity contribution in [2.45, 2.75) is 13.5 Å². The Kier molecular flexibility index (Phi) is 5.44. The summed E-state index contributed by atoms with van der Waals surface area (Å²) in [4.78, 5) is 30.9. The fraction of sp³-hybridized carbons (Fsp3) is 0.438. The van der Waals surface area contributed by atoms with Crippen LogP contribution < -0.4 is 5.56 Å². The first-order valence-corrected chi connectivity index (χ1v) is 10.6. The Hall–Kier alpha value is -1.78. The summed E-state index contributed by atoms with van der Waals surface area (Å²) in [5.41, 5.74) is 0.289. The molecule has 1 fully saturated rings. The summed E-state index contributed by atoms with van der Waals surface area (Å²) in [5, 5.41) is 0.438. The molecule has 2 aromatic rings. The monoisotopic (exact) mass is 442 g/mol. The maximum Gasteiger partial charge on any atom is 0.261 e. The number of fused-ring (bicyclic) bond motifs is 1. The van der Waals surface area contributed by atoms with Crippen LogP contribution in [0.3, 0.4) is 0 Å². The number of carbonyl (C=O) groups is 1. The summed E-state index contributed by atoms with van der Waals surface area (Å²) in [6.07, 6.45) is 1.37. The maximum absolute atomic E-state index is 12.6. The summed E-state index contributed by atoms with van der Waals surface area (Å²) >= 11 is 3.33. The minimum Gasteiger partial charge on any atom is -0.338 e. The molecule has 1 aliphatic heterocycles. The number of hydrogen-bond donors (Lipinski definition) is 0. The lowest BCUT2D eigenvalue weighted by Gasteiger charge is -2.33. The largest absolute Gasteiger partial charge is 0.338 e. The first-order valence-electron chi connectivity index (χ1n) is 8.22. The fourth-order valence-corrected chi connectivity index (χ4v) is 4.33. The lowest BCUT2D eigenvalue weighted by atomic mass is 10.2. The van der Waals surface area contributed by atoms with Gasteiger partial charge in [-0.25, -0.2) is 13.4 Å². The molecule has 1 saturated heterocycles. The molecule has 26 heavy (non-hydrogen) atoms. The average molecular weight is 443 g/mol. The molecule has 0 atom stereocenters. The zero-order valence-corrected chi connectivity index (χ0v) is 16.7. The minimum atomic E-state index is -3.24. The zero-order valence-electron chi connectivity index (χ0n) is 14.3. The van der Waals surface area contributed by atoms with E-state index in [1.165, 1.54) is 15.2 Å². The Morgan fingerprint density at radius 3 is 2.58 bits per heavy atom. The first kappa shape index (κ1) is 19.0. The van der Waals surface area contributed by atoms with Gasteiger partial charge in [0.15, 0.2) is 0 Å². The van der Waals surface area contributed by atoms with Crippen LogP contribution in [0, 0.1) is 0 Å². The van der Waals surface area contributed by atoms with Gasteiger partial charge in [-0.15, -0.1) is 0 Å². The number of aromatic nitrogens is 2. The van der Waals surface area contributed by atoms with E-state index in [-0.39, 0.29) is 36.9 Å². The third-order valence-electron chi connectivity index (χ3n) is 4.44. The molecule has 1 amide bonds. The lowest BCUT2D eigenvalue weighted by molar-refractivity contribution is -0.133. The molecule has 0 aliphatic carbocycles. The van der Waals surface area contributed by atoms with E-state index in [0.717, 1.165) is 4.47 Å². The summed E-state index contributed by atoms with van der Waals surface area (Å²) in [7, 11) is -3.24. The Morgan fingerprint density at radius 1 is 1.23 bits per heavy atom. The van der Waals surface area contributed by atoms with Crippen molar-refractivity contribution in [1.82, 2.24) is 18.8 Å². The second-order valence-electron chi connectivity index (χ2n) is 6.02. The summed E-state index contributed by atoms with van der Waals surface area (Å²) < 4.78 is 27.2. The van der Waals surface area contributed by atoms with Gasteiger partial charge in [-0.1, -0.05) is 15.9 Å². The minimum absolute atomic E-state index is 0.0503. The van der Waals surface area contributed by atoms with Crippen molar-refractivity contribution in [2.24, 2.45) is 0 Å². The molecule has 0 bridgehead atoms. The van der Waals surface area contributed by atoms with Crippen LogP contribution >= 0.6 is 15.9 Å². The Labute approximate surface area is 159 Å². The highest BCUT2D eigenvalue weighted by atomic mass is 79.9. The van der Waals surface area contributed by atoms with Gasteiger partial charge in [0.25, 0.3) is 5.56 Å². The zero-order chi connectivity index (χ0) is 18.9. The van der Waals surface area contributed by atoms with Crippen LogP contribution in [0.2, 0.25) is 0 Å². The van der Waals surface area contributed by atoms with Crippen molar-refractivity contribution < 1.29 is 13.2 Å². The quantitative estimate of drug-likeness (QED) is 0.692. The SMILES string of the molecule is CCS(=O)(=O)N1CCN(C(=O)Cn2cnc3ccc(Br)cc3c2=O)CC1. The molecule has 0 spiro atoms. The van der Waals surface area contributed by atoms with Crippen LogP contribution in [-0.2, 0) is 21.4 Å². The molecule has 1 aromatic carbocycles. The van der Waals surface area contributed by atoms with Crippen LogP contribution in [0.4, 0.5) is 0 Å². The van der Waals surface area contributed by atoms with Crippen molar-refractivity contribution in [2.75, 3.05) is 31.9 Å². The number of piperazine rings is 1. The number of nitrogens with zero attached hydrogens (tertiary/aromatic N) is 4. The molecule has 1 aliphatic rings. The van der Waals surface area contributed by atoms with Gasteiger partial charge < -0.3 is 4.90 Å². The third kappa shape index (κ3) is 3.81. The van der Waals surface area contributed by atoms with Gasteiger partial charge in [0.1, 0.15) is 6.54 Å². The second-order valence-corrected chi connectivity index (χ2v) is 9.19. The van der Waals surface area contributed by atoms with E-state index in [4.69, 9.17) is 0 Å². The van der Waals surface area contributed by atoms with Crippen molar-refractivity contribution in [3.8, 4) is 0 Å². The van der Waals surface area contributed by atoms with Gasteiger partial charge in [0, 0.05) is 30.7 Å². The molecule has 2 heterocycles. The summed E-state index contributed by atoms with van der Waals surface area (Å²) in [6.45, 7) is 2.68. The smallest absolute Gasteiger partial charge is 0.261 e. The second kappa shape index (κ2) is 7.45. The number of carbonyl (C=O) groups excluding carboxylic acids is 1. The Balaban J connectivity index is 1.72. The van der Waals surface area contributed by atoms with Gasteiger partial charge in [0.05, 0.1) is 23.0 Å². The predicted molar refractivity (Wildman–Crippen MR) is 101 cm³/mol. The molecule has 0 unspecified atom stereocenters. The highest BCUT2D eigenvalue weighted by Gasteiger charge is 2.27. The molecule has 8 nitrogen and oxygen atoms in total. The molecule has 140 valence electrons. The number of amides is 1. The number of hydrogen-bond acceptors (Lipinski definition) is 5.